The predicted molar refractivity (Wildman–Crippen MR) is 148 cm³/mol. The van der Waals surface area contributed by atoms with Crippen molar-refractivity contribution in [1.29, 1.82) is 0 Å². The second-order valence-corrected chi connectivity index (χ2v) is 10.5. The summed E-state index contributed by atoms with van der Waals surface area (Å²) in [6, 6.07) is 18.8. The number of ether oxygens (including phenoxy) is 2. The minimum atomic E-state index is -0.633. The highest BCUT2D eigenvalue weighted by molar-refractivity contribution is 8.00. The smallest absolute Gasteiger partial charge is 0.337 e. The molecule has 0 bridgehead atoms. The number of carbonyl (C=O) groups excluding carboxylic acids is 1. The number of methoxy groups -OCH3 is 1. The number of anilines is 1. The molecule has 1 aliphatic carbocycles. The monoisotopic (exact) mass is 546 g/mol. The van der Waals surface area contributed by atoms with Crippen molar-refractivity contribution in [2.24, 2.45) is 0 Å². The maximum Gasteiger partial charge on any atom is 0.337 e. The zero-order valence-corrected chi connectivity index (χ0v) is 22.6. The van der Waals surface area contributed by atoms with Gasteiger partial charge in [-0.25, -0.2) is 13.6 Å². The van der Waals surface area contributed by atoms with Crippen LogP contribution in [0.15, 0.2) is 77.8 Å². The molecule has 0 saturated carbocycles. The minimum Gasteiger partial charge on any atom is -0.487 e. The van der Waals surface area contributed by atoms with E-state index in [1.807, 2.05) is 35.5 Å². The second kappa shape index (κ2) is 11.9. The summed E-state index contributed by atoms with van der Waals surface area (Å²) in [5, 5.41) is 0. The quantitative estimate of drug-likeness (QED) is 0.163. The number of fused-ring (bicyclic) bond motifs is 1. The van der Waals surface area contributed by atoms with Crippen molar-refractivity contribution in [1.82, 2.24) is 4.98 Å². The van der Waals surface area contributed by atoms with Gasteiger partial charge in [-0.15, -0.1) is 0 Å². The molecule has 4 aromatic rings. The van der Waals surface area contributed by atoms with Gasteiger partial charge in [0.1, 0.15) is 24.0 Å². The van der Waals surface area contributed by atoms with E-state index in [0.717, 1.165) is 47.8 Å². The molecule has 0 saturated heterocycles. The normalized spacial score (nSPS) is 12.2. The molecule has 1 heterocycles. The van der Waals surface area contributed by atoms with Crippen LogP contribution in [0.1, 0.15) is 44.7 Å². The molecule has 0 spiro atoms. The fourth-order valence-electron chi connectivity index (χ4n) is 4.67. The van der Waals surface area contributed by atoms with Gasteiger partial charge < -0.3 is 13.8 Å². The third kappa shape index (κ3) is 6.40. The fourth-order valence-corrected chi connectivity index (χ4v) is 5.69. The Morgan fingerprint density at radius 1 is 1.00 bits per heavy atom. The second-order valence-electron chi connectivity index (χ2n) is 9.42. The molecule has 1 aromatic heterocycles. The zero-order chi connectivity index (χ0) is 27.4. The molecule has 0 radical (unpaired) electrons. The number of aryl methyl sites for hydroxylation is 3. The van der Waals surface area contributed by atoms with Crippen molar-refractivity contribution in [3.05, 3.63) is 118 Å². The zero-order valence-electron chi connectivity index (χ0n) is 21.7. The van der Waals surface area contributed by atoms with Crippen LogP contribution in [-0.4, -0.2) is 18.1 Å². The molecular weight excluding hydrogens is 518 g/mol. The number of benzene rings is 3. The summed E-state index contributed by atoms with van der Waals surface area (Å²) in [6.07, 6.45) is 4.73. The van der Waals surface area contributed by atoms with Gasteiger partial charge in [-0.1, -0.05) is 12.1 Å². The van der Waals surface area contributed by atoms with E-state index in [2.05, 4.69) is 17.1 Å². The molecule has 0 amide bonds. The lowest BCUT2D eigenvalue weighted by molar-refractivity contribution is 0.0600. The van der Waals surface area contributed by atoms with Gasteiger partial charge in [0.15, 0.2) is 0 Å². The lowest BCUT2D eigenvalue weighted by Crippen LogP contribution is -2.17. The van der Waals surface area contributed by atoms with Gasteiger partial charge in [0.05, 0.1) is 30.6 Å². The average Bonchev–Trinajstić information content (AvgIpc) is 3.38. The summed E-state index contributed by atoms with van der Waals surface area (Å²) in [5.74, 6) is -0.979. The predicted octanol–water partition coefficient (Wildman–Crippen LogP) is 7.24. The van der Waals surface area contributed by atoms with Gasteiger partial charge in [0, 0.05) is 17.2 Å². The molecule has 0 aliphatic heterocycles. The van der Waals surface area contributed by atoms with E-state index in [1.165, 1.54) is 42.3 Å². The number of halogens is 2. The first-order valence-electron chi connectivity index (χ1n) is 12.7. The van der Waals surface area contributed by atoms with Crippen LogP contribution in [-0.2, 0) is 30.7 Å². The summed E-state index contributed by atoms with van der Waals surface area (Å²) >= 11 is 1.24. The lowest BCUT2D eigenvalue weighted by Gasteiger charge is -2.26. The molecule has 1 aliphatic rings. The average molecular weight is 547 g/mol. The standard InChI is InChI=1S/C31H28F2N2O3S/c1-20-12-23(31(36)37-2)9-10-24(20)19-38-30-14-22-7-5-6-21(22)13-29(30)35(18-27-8-3-4-11-34-27)39-28-16-25(32)15-26(33)17-28/h3-4,8-17H,5-7,18-19H2,1-2H3. The first-order valence-corrected chi connectivity index (χ1v) is 13.4. The summed E-state index contributed by atoms with van der Waals surface area (Å²) < 4.78 is 41.4. The van der Waals surface area contributed by atoms with Crippen molar-refractivity contribution in [3.8, 4) is 5.75 Å². The molecule has 0 N–H and O–H groups in total. The maximum atomic E-state index is 14.1. The van der Waals surface area contributed by atoms with Crippen LogP contribution in [0, 0.1) is 18.6 Å². The minimum absolute atomic E-state index is 0.287. The van der Waals surface area contributed by atoms with Gasteiger partial charge in [-0.2, -0.15) is 0 Å². The molecule has 0 unspecified atom stereocenters. The Hall–Kier alpha value is -3.91. The van der Waals surface area contributed by atoms with Gasteiger partial charge in [0.25, 0.3) is 0 Å². The topological polar surface area (TPSA) is 51.7 Å². The van der Waals surface area contributed by atoms with Crippen LogP contribution in [0.4, 0.5) is 14.5 Å². The Morgan fingerprint density at radius 3 is 2.46 bits per heavy atom. The van der Waals surface area contributed by atoms with E-state index in [-0.39, 0.29) is 12.6 Å². The van der Waals surface area contributed by atoms with E-state index in [4.69, 9.17) is 9.47 Å². The first kappa shape index (κ1) is 26.7. The Labute approximate surface area is 230 Å². The van der Waals surface area contributed by atoms with Gasteiger partial charge in [-0.3, -0.25) is 4.98 Å². The van der Waals surface area contributed by atoms with Crippen LogP contribution in [0.3, 0.4) is 0 Å². The van der Waals surface area contributed by atoms with Crippen LogP contribution < -0.4 is 9.04 Å². The molecule has 0 atom stereocenters. The Balaban J connectivity index is 1.50. The van der Waals surface area contributed by atoms with Gasteiger partial charge >= 0.3 is 5.97 Å². The molecular formula is C31H28F2N2O3S. The van der Waals surface area contributed by atoms with Crippen molar-refractivity contribution in [2.45, 2.75) is 44.2 Å². The highest BCUT2D eigenvalue weighted by Crippen LogP contribution is 2.41. The summed E-state index contributed by atoms with van der Waals surface area (Å²) in [4.78, 5) is 16.8. The van der Waals surface area contributed by atoms with Crippen LogP contribution in [0.2, 0.25) is 0 Å². The van der Waals surface area contributed by atoms with Crippen molar-refractivity contribution in [2.75, 3.05) is 11.4 Å². The molecule has 5 nitrogen and oxygen atoms in total. The number of hydrogen-bond donors (Lipinski definition) is 0. The highest BCUT2D eigenvalue weighted by atomic mass is 32.2. The SMILES string of the molecule is COC(=O)c1ccc(COc2cc3c(cc2N(Cc2ccccn2)Sc2cc(F)cc(F)c2)CCC3)c(C)c1. The number of nitrogens with zero attached hydrogens (tertiary/aromatic N) is 2. The molecule has 0 fully saturated rings. The summed E-state index contributed by atoms with van der Waals surface area (Å²) in [7, 11) is 1.36. The molecule has 3 aromatic carbocycles. The highest BCUT2D eigenvalue weighted by Gasteiger charge is 2.22. The van der Waals surface area contributed by atoms with E-state index in [0.29, 0.717) is 22.8 Å². The van der Waals surface area contributed by atoms with Crippen molar-refractivity contribution in [3.63, 3.8) is 0 Å². The summed E-state index contributed by atoms with van der Waals surface area (Å²) in [6.45, 7) is 2.61. The van der Waals surface area contributed by atoms with Crippen molar-refractivity contribution >= 4 is 23.6 Å². The fraction of sp³-hybridized carbons (Fsp3) is 0.226. The van der Waals surface area contributed by atoms with E-state index in [1.54, 1.807) is 18.3 Å². The largest absolute Gasteiger partial charge is 0.487 e. The van der Waals surface area contributed by atoms with Crippen LogP contribution in [0.25, 0.3) is 0 Å². The van der Waals surface area contributed by atoms with Crippen LogP contribution in [0.5, 0.6) is 5.75 Å². The van der Waals surface area contributed by atoms with E-state index >= 15 is 0 Å². The van der Waals surface area contributed by atoms with Gasteiger partial charge in [0.2, 0.25) is 0 Å². The number of rotatable bonds is 9. The third-order valence-electron chi connectivity index (χ3n) is 6.67. The Kier molecular flexibility index (Phi) is 8.12. The molecule has 200 valence electrons. The molecule has 8 heteroatoms. The molecule has 5 rings (SSSR count). The number of aromatic nitrogens is 1. The van der Waals surface area contributed by atoms with E-state index < -0.39 is 11.6 Å². The number of pyridine rings is 1. The molecule has 39 heavy (non-hydrogen) atoms. The van der Waals surface area contributed by atoms with Gasteiger partial charge in [-0.05, 0) is 109 Å². The Morgan fingerprint density at radius 2 is 1.77 bits per heavy atom. The third-order valence-corrected chi connectivity index (χ3v) is 7.67. The summed E-state index contributed by atoms with van der Waals surface area (Å²) in [5.41, 5.74) is 6.43. The number of esters is 1. The van der Waals surface area contributed by atoms with E-state index in [9.17, 15) is 13.6 Å². The first-order chi connectivity index (χ1) is 18.9. The lowest BCUT2D eigenvalue weighted by atomic mass is 10.1. The van der Waals surface area contributed by atoms with Crippen LogP contribution >= 0.6 is 11.9 Å². The Bertz CT molecular complexity index is 1480. The number of carbonyl (C=O) groups is 1. The number of hydrogen-bond acceptors (Lipinski definition) is 6. The maximum absolute atomic E-state index is 14.1. The van der Waals surface area contributed by atoms with Crippen molar-refractivity contribution < 1.29 is 23.0 Å².